The van der Waals surface area contributed by atoms with Crippen LogP contribution in [-0.2, 0) is 40.5 Å². The topological polar surface area (TPSA) is 332 Å². The second-order valence-electron chi connectivity index (χ2n) is 14.0. The van der Waals surface area contributed by atoms with Gasteiger partial charge in [0.25, 0.3) is 0 Å². The number of allylic oxidation sites excluding steroid dienone is 1. The van der Waals surface area contributed by atoms with Crippen molar-refractivity contribution < 1.29 is 175 Å². The molecule has 7 aromatic carbocycles. The van der Waals surface area contributed by atoms with Crippen molar-refractivity contribution in [2.45, 2.75) is 14.7 Å². The molecule has 2 N–H and O–H groups in total. The maximum atomic E-state index is 13.7. The minimum atomic E-state index is -5.28. The van der Waals surface area contributed by atoms with E-state index in [2.05, 4.69) is 36.3 Å². The van der Waals surface area contributed by atoms with Gasteiger partial charge in [-0.2, -0.15) is 5.10 Å². The van der Waals surface area contributed by atoms with Gasteiger partial charge in [-0.25, -0.2) is 33.7 Å². The summed E-state index contributed by atoms with van der Waals surface area (Å²) in [6, 6.07) is 30.6. The van der Waals surface area contributed by atoms with E-state index < -0.39 is 77.2 Å². The molecule has 70 heavy (non-hydrogen) atoms. The normalized spacial score (nSPS) is 13.5. The van der Waals surface area contributed by atoms with Crippen LogP contribution in [0.15, 0.2) is 179 Å². The van der Waals surface area contributed by atoms with Crippen LogP contribution in [0.5, 0.6) is 0 Å². The van der Waals surface area contributed by atoms with Crippen molar-refractivity contribution in [3.8, 4) is 0 Å². The molecule has 0 saturated carbocycles. The smallest absolute Gasteiger partial charge is 0.744 e. The fourth-order valence-electron chi connectivity index (χ4n) is 6.77. The summed E-state index contributed by atoms with van der Waals surface area (Å²) in [4.78, 5) is 10.4. The predicted molar refractivity (Wildman–Crippen MR) is 236 cm³/mol. The number of Topliss-reactive ketones (excluding diaryl/α,β-unsaturated/α-hetero) is 1. The molecule has 0 fully saturated rings. The third kappa shape index (κ3) is 13.4. The van der Waals surface area contributed by atoms with Crippen LogP contribution in [0.3, 0.4) is 0 Å². The Labute approximate surface area is 488 Å². The monoisotopic (exact) mass is 1050 g/mol. The Morgan fingerprint density at radius 1 is 0.443 bits per heavy atom. The van der Waals surface area contributed by atoms with Gasteiger partial charge in [-0.1, -0.05) is 48.5 Å². The molecule has 0 atom stereocenters. The Balaban J connectivity index is 0.00000266. The van der Waals surface area contributed by atoms with Crippen LogP contribution in [0.25, 0.3) is 27.6 Å². The number of para-hydroxylation sites is 1. The minimum absolute atomic E-state index is 0. The Kier molecular flexibility index (Phi) is 20.0. The van der Waals surface area contributed by atoms with Gasteiger partial charge in [-0.3, -0.25) is 10.2 Å². The molecule has 1 aliphatic carbocycles. The van der Waals surface area contributed by atoms with Gasteiger partial charge in [0.05, 0.1) is 42.3 Å². The second-order valence-corrected chi connectivity index (χ2v) is 19.5. The molecule has 0 aliphatic heterocycles. The number of hydrogen-bond donors (Lipinski definition) is 2. The van der Waals surface area contributed by atoms with E-state index in [1.807, 2.05) is 6.07 Å². The molecule has 0 saturated heterocycles. The summed E-state index contributed by atoms with van der Waals surface area (Å²) in [6.07, 6.45) is 1.03. The van der Waals surface area contributed by atoms with Crippen molar-refractivity contribution in [3.05, 3.63) is 149 Å². The maximum absolute atomic E-state index is 13.7. The SMILES string of the molecule is O=C1/C(=N\Nc2ccc(N=Nc3ccc(N=Nc4cc(S(=O)(=O)[O-])ccc4S(=O)(=O)[O-])c4ccccc34)c3cc(S(=O)(=O)[O-])ccc23)C(S(=O)(=O)[O-])=Cc2cc(Nc3ccccc3)ccc21.[Na+].[Na+].[Na+].[Na+]. The number of hydrogen-bond acceptors (Lipinski definition) is 20. The van der Waals surface area contributed by atoms with Gasteiger partial charge in [-0.15, -0.1) is 20.5 Å². The molecule has 0 radical (unpaired) electrons. The maximum Gasteiger partial charge on any atom is 1.00 e. The first-order chi connectivity index (χ1) is 31.1. The number of anilines is 3. The number of carbonyl (C=O) groups excluding carboxylic acids is 1. The van der Waals surface area contributed by atoms with Gasteiger partial charge in [0, 0.05) is 38.5 Å². The van der Waals surface area contributed by atoms with Crippen molar-refractivity contribution in [1.82, 2.24) is 0 Å². The number of nitrogens with one attached hydrogen (secondary N) is 2. The molecule has 0 spiro atoms. The number of benzene rings is 7. The third-order valence-corrected chi connectivity index (χ3v) is 13.2. The average molecular weight is 1060 g/mol. The summed E-state index contributed by atoms with van der Waals surface area (Å²) in [5.41, 5.74) is 2.89. The standard InChI is InChI=1S/C42H29N7O13S4.4Na/c50-42-29-13-10-26(43-25-6-2-1-3-7-25)20-24(29)21-40(66(60,61)62)41(42)49-47-36-17-18-37(33-22-27(63(51,52)53)11-14-32(33)36)46-44-34-15-16-35(31-9-5-4-8-30(31)34)45-48-38-23-28(64(54,55)56)12-19-39(38)65(57,58)59;;;;/h1-23,43,47H,(H,51,52,53)(H,54,55,56)(H,57,58,59)(H,60,61,62);;;;/q;4*+1/p-4/b46-44?,48-45?,49-41-;;;;. The fraction of sp³-hybridized carbons (Fsp3) is 0. The largest absolute Gasteiger partial charge is 1.00 e. The molecule has 0 heterocycles. The second kappa shape index (κ2) is 23.6. The molecule has 0 bridgehead atoms. The predicted octanol–water partition coefficient (Wildman–Crippen LogP) is -4.15. The Hall–Kier alpha value is -3.42. The van der Waals surface area contributed by atoms with Gasteiger partial charge < -0.3 is 23.5 Å². The zero-order valence-corrected chi connectivity index (χ0v) is 48.2. The van der Waals surface area contributed by atoms with E-state index in [9.17, 15) is 56.7 Å². The van der Waals surface area contributed by atoms with Crippen LogP contribution in [0, 0.1) is 0 Å². The molecule has 28 heteroatoms. The van der Waals surface area contributed by atoms with Crippen molar-refractivity contribution in [2.75, 3.05) is 10.7 Å². The number of azo groups is 2. The van der Waals surface area contributed by atoms with Crippen molar-refractivity contribution >= 4 is 119 Å². The van der Waals surface area contributed by atoms with Gasteiger partial charge in [-0.05, 0) is 96.6 Å². The van der Waals surface area contributed by atoms with Crippen molar-refractivity contribution in [3.63, 3.8) is 0 Å². The van der Waals surface area contributed by atoms with E-state index in [0.717, 1.165) is 18.2 Å². The van der Waals surface area contributed by atoms with Gasteiger partial charge in [0.2, 0.25) is 5.78 Å². The summed E-state index contributed by atoms with van der Waals surface area (Å²) >= 11 is 0. The number of rotatable bonds is 12. The Morgan fingerprint density at radius 3 is 1.54 bits per heavy atom. The average Bonchev–Trinajstić information content (AvgIpc) is 3.26. The zero-order chi connectivity index (χ0) is 47.2. The summed E-state index contributed by atoms with van der Waals surface area (Å²) in [5.74, 6) is -0.890. The van der Waals surface area contributed by atoms with Crippen molar-refractivity contribution in [1.29, 1.82) is 0 Å². The number of hydrazone groups is 1. The summed E-state index contributed by atoms with van der Waals surface area (Å²) in [5, 5.41) is 24.5. The van der Waals surface area contributed by atoms with Crippen LogP contribution in [-0.4, -0.2) is 63.4 Å². The van der Waals surface area contributed by atoms with E-state index in [-0.39, 0.29) is 163 Å². The van der Waals surface area contributed by atoms with Crippen LogP contribution in [0.1, 0.15) is 15.9 Å². The van der Waals surface area contributed by atoms with E-state index in [4.69, 9.17) is 0 Å². The molecule has 0 unspecified atom stereocenters. The Morgan fingerprint density at radius 2 is 0.971 bits per heavy atom. The molecular weight excluding hydrogens is 1030 g/mol. The van der Waals surface area contributed by atoms with E-state index in [1.165, 1.54) is 42.5 Å². The zero-order valence-electron chi connectivity index (χ0n) is 37.0. The molecule has 7 aromatic rings. The van der Waals surface area contributed by atoms with E-state index in [1.54, 1.807) is 54.6 Å². The van der Waals surface area contributed by atoms with E-state index >= 15 is 0 Å². The molecule has 334 valence electrons. The van der Waals surface area contributed by atoms with Crippen LogP contribution < -0.4 is 129 Å². The van der Waals surface area contributed by atoms with Crippen molar-refractivity contribution in [2.24, 2.45) is 25.6 Å². The first-order valence-electron chi connectivity index (χ1n) is 18.6. The van der Waals surface area contributed by atoms with Crippen LogP contribution in [0.4, 0.5) is 39.8 Å². The van der Waals surface area contributed by atoms with Crippen LogP contribution >= 0.6 is 0 Å². The summed E-state index contributed by atoms with van der Waals surface area (Å²) in [6.45, 7) is 0. The summed E-state index contributed by atoms with van der Waals surface area (Å²) in [7, 11) is -20.6. The molecule has 20 nitrogen and oxygen atoms in total. The molecule has 8 rings (SSSR count). The van der Waals surface area contributed by atoms with E-state index in [0.29, 0.717) is 40.3 Å². The Bertz CT molecular complexity index is 3810. The molecule has 1 aliphatic rings. The number of fused-ring (bicyclic) bond motifs is 3. The number of nitrogens with zero attached hydrogens (tertiary/aromatic N) is 5. The number of carbonyl (C=O) groups is 1. The molecule has 0 amide bonds. The molecule has 0 aromatic heterocycles. The third-order valence-electron chi connectivity index (χ3n) is 9.80. The first kappa shape index (κ1) is 59.1. The van der Waals surface area contributed by atoms with Crippen LogP contribution in [0.2, 0.25) is 0 Å². The summed E-state index contributed by atoms with van der Waals surface area (Å²) < 4.78 is 144. The number of ketones is 1. The van der Waals surface area contributed by atoms with Gasteiger partial charge in [0.1, 0.15) is 51.9 Å². The fourth-order valence-corrected chi connectivity index (χ4v) is 8.99. The quantitative estimate of drug-likeness (QED) is 0.0508. The first-order valence-corrected chi connectivity index (χ1v) is 24.2. The minimum Gasteiger partial charge on any atom is -0.744 e. The van der Waals surface area contributed by atoms with Gasteiger partial charge in [0.15, 0.2) is 0 Å². The molecular formula is C42H25N7Na4O13S4. The van der Waals surface area contributed by atoms with Gasteiger partial charge >= 0.3 is 118 Å².